The van der Waals surface area contributed by atoms with Crippen LogP contribution in [0.15, 0.2) is 24.3 Å². The van der Waals surface area contributed by atoms with Crippen molar-refractivity contribution in [2.24, 2.45) is 5.92 Å². The third-order valence-corrected chi connectivity index (χ3v) is 3.91. The van der Waals surface area contributed by atoms with Gasteiger partial charge in [-0.25, -0.2) is 0 Å². The van der Waals surface area contributed by atoms with Crippen molar-refractivity contribution in [2.45, 2.75) is 38.8 Å². The summed E-state index contributed by atoms with van der Waals surface area (Å²) >= 11 is 5.85. The minimum Gasteiger partial charge on any atom is -0.352 e. The number of amides is 1. The fourth-order valence-corrected chi connectivity index (χ4v) is 2.26. The lowest BCUT2D eigenvalue weighted by Gasteiger charge is -2.16. The molecule has 0 saturated heterocycles. The van der Waals surface area contributed by atoms with Gasteiger partial charge in [0.15, 0.2) is 0 Å². The van der Waals surface area contributed by atoms with Crippen LogP contribution in [0.1, 0.15) is 38.3 Å². The van der Waals surface area contributed by atoms with Crippen LogP contribution >= 0.6 is 11.6 Å². The van der Waals surface area contributed by atoms with Gasteiger partial charge in [0, 0.05) is 17.1 Å². The van der Waals surface area contributed by atoms with Gasteiger partial charge in [-0.15, -0.1) is 0 Å². The quantitative estimate of drug-likeness (QED) is 0.841. The molecule has 0 aliphatic heterocycles. The molecular weight excluding hydrogens is 260 g/mol. The SMILES string of the molecule is C[C@H](NC(=O)CN[C@H](C)c1ccc(Cl)cc1)C1CC1. The van der Waals surface area contributed by atoms with Crippen LogP contribution in [0.5, 0.6) is 0 Å². The van der Waals surface area contributed by atoms with Crippen LogP contribution in [0.4, 0.5) is 0 Å². The Balaban J connectivity index is 1.74. The molecule has 0 unspecified atom stereocenters. The van der Waals surface area contributed by atoms with Gasteiger partial charge in [0.05, 0.1) is 6.54 Å². The Morgan fingerprint density at radius 1 is 1.32 bits per heavy atom. The van der Waals surface area contributed by atoms with Gasteiger partial charge >= 0.3 is 0 Å². The summed E-state index contributed by atoms with van der Waals surface area (Å²) in [5, 5.41) is 6.99. The fraction of sp³-hybridized carbons (Fsp3) is 0.533. The minimum atomic E-state index is 0.0696. The average Bonchev–Trinajstić information content (AvgIpc) is 3.21. The second-order valence-electron chi connectivity index (χ2n) is 5.35. The van der Waals surface area contributed by atoms with E-state index in [0.29, 0.717) is 18.5 Å². The predicted molar refractivity (Wildman–Crippen MR) is 78.2 cm³/mol. The predicted octanol–water partition coefficient (Wildman–Crippen LogP) is 2.91. The van der Waals surface area contributed by atoms with Gasteiger partial charge in [0.25, 0.3) is 0 Å². The van der Waals surface area contributed by atoms with Crippen LogP contribution in [-0.4, -0.2) is 18.5 Å². The zero-order valence-corrected chi connectivity index (χ0v) is 12.2. The standard InChI is InChI=1S/C15H21ClN2O/c1-10(12-5-7-14(16)8-6-12)17-9-15(19)18-11(2)13-3-4-13/h5-8,10-11,13,17H,3-4,9H2,1-2H3,(H,18,19)/t10-,11+/m1/s1. The maximum Gasteiger partial charge on any atom is 0.234 e. The van der Waals surface area contributed by atoms with Crippen molar-refractivity contribution >= 4 is 17.5 Å². The molecular formula is C15H21ClN2O. The molecule has 104 valence electrons. The third-order valence-electron chi connectivity index (χ3n) is 3.66. The highest BCUT2D eigenvalue weighted by molar-refractivity contribution is 6.30. The van der Waals surface area contributed by atoms with Gasteiger partial charge in [0.2, 0.25) is 5.91 Å². The first-order valence-corrected chi connectivity index (χ1v) is 7.22. The lowest BCUT2D eigenvalue weighted by molar-refractivity contribution is -0.121. The first-order chi connectivity index (χ1) is 9.06. The third kappa shape index (κ3) is 4.51. The maximum atomic E-state index is 11.8. The summed E-state index contributed by atoms with van der Waals surface area (Å²) in [6.07, 6.45) is 2.49. The number of carbonyl (C=O) groups is 1. The van der Waals surface area contributed by atoms with Gasteiger partial charge < -0.3 is 10.6 Å². The summed E-state index contributed by atoms with van der Waals surface area (Å²) in [6.45, 7) is 4.47. The van der Waals surface area contributed by atoms with Crippen LogP contribution < -0.4 is 10.6 Å². The van der Waals surface area contributed by atoms with E-state index in [0.717, 1.165) is 10.6 Å². The van der Waals surface area contributed by atoms with Crippen molar-refractivity contribution in [2.75, 3.05) is 6.54 Å². The molecule has 3 nitrogen and oxygen atoms in total. The normalized spacial score (nSPS) is 17.8. The molecule has 2 N–H and O–H groups in total. The Kier molecular flexibility index (Phi) is 4.83. The highest BCUT2D eigenvalue weighted by Crippen LogP contribution is 2.32. The number of rotatable bonds is 6. The molecule has 0 heterocycles. The molecule has 2 rings (SSSR count). The van der Waals surface area contributed by atoms with Crippen molar-refractivity contribution in [3.05, 3.63) is 34.9 Å². The van der Waals surface area contributed by atoms with E-state index < -0.39 is 0 Å². The summed E-state index contributed by atoms with van der Waals surface area (Å²) in [5.74, 6) is 0.762. The summed E-state index contributed by atoms with van der Waals surface area (Å²) in [5.41, 5.74) is 1.13. The molecule has 1 aliphatic rings. The molecule has 1 saturated carbocycles. The Labute approximate surface area is 119 Å². The van der Waals surface area contributed by atoms with Crippen molar-refractivity contribution in [3.63, 3.8) is 0 Å². The van der Waals surface area contributed by atoms with Gasteiger partial charge in [-0.1, -0.05) is 23.7 Å². The molecule has 0 spiro atoms. The van der Waals surface area contributed by atoms with E-state index >= 15 is 0 Å². The Morgan fingerprint density at radius 3 is 2.53 bits per heavy atom. The van der Waals surface area contributed by atoms with Crippen LogP contribution in [0, 0.1) is 5.92 Å². The van der Waals surface area contributed by atoms with E-state index in [9.17, 15) is 4.79 Å². The van der Waals surface area contributed by atoms with Crippen molar-refractivity contribution < 1.29 is 4.79 Å². The van der Waals surface area contributed by atoms with Gasteiger partial charge in [0.1, 0.15) is 0 Å². The summed E-state index contributed by atoms with van der Waals surface area (Å²) in [7, 11) is 0. The molecule has 4 heteroatoms. The first kappa shape index (κ1) is 14.4. The molecule has 0 bridgehead atoms. The Hall–Kier alpha value is -1.06. The largest absolute Gasteiger partial charge is 0.352 e. The lowest BCUT2D eigenvalue weighted by atomic mass is 10.1. The van der Waals surface area contributed by atoms with Crippen molar-refractivity contribution in [1.29, 1.82) is 0 Å². The van der Waals surface area contributed by atoms with Crippen molar-refractivity contribution in [1.82, 2.24) is 10.6 Å². The van der Waals surface area contributed by atoms with Gasteiger partial charge in [-0.05, 0) is 50.3 Å². The number of benzene rings is 1. The number of halogens is 1. The summed E-state index contributed by atoms with van der Waals surface area (Å²) in [6, 6.07) is 8.13. The van der Waals surface area contributed by atoms with Crippen LogP contribution in [0.2, 0.25) is 5.02 Å². The molecule has 1 fully saturated rings. The molecule has 1 aromatic carbocycles. The van der Waals surface area contributed by atoms with Gasteiger partial charge in [-0.3, -0.25) is 4.79 Å². The molecule has 1 aliphatic carbocycles. The minimum absolute atomic E-state index is 0.0696. The van der Waals surface area contributed by atoms with Gasteiger partial charge in [-0.2, -0.15) is 0 Å². The van der Waals surface area contributed by atoms with Crippen LogP contribution in [0.25, 0.3) is 0 Å². The second kappa shape index (κ2) is 6.40. The zero-order chi connectivity index (χ0) is 13.8. The summed E-state index contributed by atoms with van der Waals surface area (Å²) in [4.78, 5) is 11.8. The fourth-order valence-electron chi connectivity index (χ4n) is 2.13. The van der Waals surface area contributed by atoms with E-state index in [2.05, 4.69) is 17.6 Å². The van der Waals surface area contributed by atoms with Crippen LogP contribution in [-0.2, 0) is 4.79 Å². The number of hydrogen-bond acceptors (Lipinski definition) is 2. The molecule has 19 heavy (non-hydrogen) atoms. The maximum absolute atomic E-state index is 11.8. The van der Waals surface area contributed by atoms with E-state index in [4.69, 9.17) is 11.6 Å². The van der Waals surface area contributed by atoms with E-state index in [1.165, 1.54) is 12.8 Å². The monoisotopic (exact) mass is 280 g/mol. The topological polar surface area (TPSA) is 41.1 Å². The number of hydrogen-bond donors (Lipinski definition) is 2. The van der Waals surface area contributed by atoms with Crippen molar-refractivity contribution in [3.8, 4) is 0 Å². The molecule has 0 radical (unpaired) electrons. The molecule has 2 atom stereocenters. The van der Waals surface area contributed by atoms with Crippen LogP contribution in [0.3, 0.4) is 0 Å². The average molecular weight is 281 g/mol. The Morgan fingerprint density at radius 2 is 1.95 bits per heavy atom. The lowest BCUT2D eigenvalue weighted by Crippen LogP contribution is -2.40. The molecule has 0 aromatic heterocycles. The van der Waals surface area contributed by atoms with E-state index in [1.807, 2.05) is 31.2 Å². The second-order valence-corrected chi connectivity index (χ2v) is 5.78. The van der Waals surface area contributed by atoms with E-state index in [-0.39, 0.29) is 11.9 Å². The zero-order valence-electron chi connectivity index (χ0n) is 11.4. The highest BCUT2D eigenvalue weighted by Gasteiger charge is 2.28. The first-order valence-electron chi connectivity index (χ1n) is 6.84. The smallest absolute Gasteiger partial charge is 0.234 e. The summed E-state index contributed by atoms with van der Waals surface area (Å²) < 4.78 is 0. The molecule has 1 aromatic rings. The highest BCUT2D eigenvalue weighted by atomic mass is 35.5. The molecule has 1 amide bonds. The van der Waals surface area contributed by atoms with E-state index in [1.54, 1.807) is 0 Å². The number of carbonyl (C=O) groups excluding carboxylic acids is 1. The number of nitrogens with one attached hydrogen (secondary N) is 2. The Bertz CT molecular complexity index is 428.